The van der Waals surface area contributed by atoms with Gasteiger partial charge in [0.1, 0.15) is 11.5 Å². The monoisotopic (exact) mass is 393 g/mol. The molecule has 2 aliphatic heterocycles. The van der Waals surface area contributed by atoms with E-state index in [1.165, 1.54) is 11.3 Å². The summed E-state index contributed by atoms with van der Waals surface area (Å²) in [6.07, 6.45) is 2.22. The molecule has 0 spiro atoms. The fraction of sp³-hybridized carbons (Fsp3) is 0.522. The second-order valence-corrected chi connectivity index (χ2v) is 8.30. The van der Waals surface area contributed by atoms with Crippen LogP contribution in [0, 0.1) is 20.8 Å². The number of piperazine rings is 1. The van der Waals surface area contributed by atoms with E-state index in [0.717, 1.165) is 57.8 Å². The van der Waals surface area contributed by atoms with Crippen LogP contribution in [0.3, 0.4) is 0 Å². The molecule has 0 unspecified atom stereocenters. The highest BCUT2D eigenvalue weighted by molar-refractivity contribution is 5.92. The molecule has 6 nitrogen and oxygen atoms in total. The largest absolute Gasteiger partial charge is 0.369 e. The molecule has 154 valence electrons. The molecule has 2 saturated heterocycles. The first-order chi connectivity index (χ1) is 14.0. The number of carbonyl (C=O) groups excluding carboxylic acids is 1. The SMILES string of the molecule is Cc1cc(C(=O)N2CCC[C@@H](N3CCN(c4ccccc4C)CC3)C2)nc(C)n1. The number of amides is 1. The highest BCUT2D eigenvalue weighted by Gasteiger charge is 2.31. The lowest BCUT2D eigenvalue weighted by atomic mass is 10.0. The summed E-state index contributed by atoms with van der Waals surface area (Å²) in [6.45, 7) is 11.7. The molecule has 4 rings (SSSR count). The minimum atomic E-state index is 0.0434. The summed E-state index contributed by atoms with van der Waals surface area (Å²) in [5.74, 6) is 0.705. The second kappa shape index (κ2) is 8.49. The number of para-hydroxylation sites is 1. The van der Waals surface area contributed by atoms with Crippen LogP contribution >= 0.6 is 0 Å². The van der Waals surface area contributed by atoms with Gasteiger partial charge in [-0.1, -0.05) is 18.2 Å². The van der Waals surface area contributed by atoms with Crippen molar-refractivity contribution in [2.75, 3.05) is 44.2 Å². The number of likely N-dealkylation sites (tertiary alicyclic amines) is 1. The van der Waals surface area contributed by atoms with Crippen molar-refractivity contribution in [3.63, 3.8) is 0 Å². The van der Waals surface area contributed by atoms with Crippen LogP contribution in [0.1, 0.15) is 40.4 Å². The van der Waals surface area contributed by atoms with E-state index >= 15 is 0 Å². The van der Waals surface area contributed by atoms with Crippen LogP contribution < -0.4 is 4.90 Å². The molecule has 1 amide bonds. The Morgan fingerprint density at radius 2 is 1.76 bits per heavy atom. The molecular weight excluding hydrogens is 362 g/mol. The molecule has 2 fully saturated rings. The van der Waals surface area contributed by atoms with E-state index in [0.29, 0.717) is 17.6 Å². The lowest BCUT2D eigenvalue weighted by molar-refractivity contribution is 0.0557. The summed E-state index contributed by atoms with van der Waals surface area (Å²) in [5.41, 5.74) is 4.06. The van der Waals surface area contributed by atoms with Gasteiger partial charge in [0.2, 0.25) is 0 Å². The topological polar surface area (TPSA) is 52.6 Å². The maximum atomic E-state index is 13.0. The van der Waals surface area contributed by atoms with Crippen molar-refractivity contribution >= 4 is 11.6 Å². The van der Waals surface area contributed by atoms with Crippen LogP contribution in [-0.2, 0) is 0 Å². The summed E-state index contributed by atoms with van der Waals surface area (Å²) >= 11 is 0. The van der Waals surface area contributed by atoms with E-state index in [1.54, 1.807) is 6.07 Å². The Labute approximate surface area is 173 Å². The minimum absolute atomic E-state index is 0.0434. The maximum absolute atomic E-state index is 13.0. The molecule has 0 saturated carbocycles. The minimum Gasteiger partial charge on any atom is -0.369 e. The number of carbonyl (C=O) groups is 1. The van der Waals surface area contributed by atoms with E-state index in [1.807, 2.05) is 18.7 Å². The lowest BCUT2D eigenvalue weighted by Gasteiger charge is -2.44. The predicted molar refractivity (Wildman–Crippen MR) is 115 cm³/mol. The first-order valence-electron chi connectivity index (χ1n) is 10.7. The van der Waals surface area contributed by atoms with Crippen molar-refractivity contribution in [1.29, 1.82) is 0 Å². The highest BCUT2D eigenvalue weighted by Crippen LogP contribution is 2.24. The standard InChI is InChI=1S/C23H31N5O/c1-17-7-4-5-9-22(17)27-13-11-26(12-14-27)20-8-6-10-28(16-20)23(29)21-15-18(2)24-19(3)25-21/h4-5,7,9,15,20H,6,8,10-14,16H2,1-3H3/t20-/m1/s1. The van der Waals surface area contributed by atoms with E-state index < -0.39 is 0 Å². The molecule has 1 aromatic heterocycles. The van der Waals surface area contributed by atoms with Gasteiger partial charge in [-0.05, 0) is 51.3 Å². The Morgan fingerprint density at radius 3 is 2.48 bits per heavy atom. The van der Waals surface area contributed by atoms with Crippen molar-refractivity contribution in [2.24, 2.45) is 0 Å². The molecule has 0 aliphatic carbocycles. The van der Waals surface area contributed by atoms with Crippen molar-refractivity contribution in [1.82, 2.24) is 19.8 Å². The quantitative estimate of drug-likeness (QED) is 0.803. The average molecular weight is 394 g/mol. The summed E-state index contributed by atoms with van der Waals surface area (Å²) < 4.78 is 0. The van der Waals surface area contributed by atoms with Crippen LogP contribution in [0.2, 0.25) is 0 Å². The fourth-order valence-corrected chi connectivity index (χ4v) is 4.67. The normalized spacial score (nSPS) is 20.7. The third kappa shape index (κ3) is 4.42. The van der Waals surface area contributed by atoms with Gasteiger partial charge in [0.15, 0.2) is 0 Å². The van der Waals surface area contributed by atoms with E-state index in [2.05, 4.69) is 51.0 Å². The molecule has 6 heteroatoms. The summed E-state index contributed by atoms with van der Waals surface area (Å²) in [6, 6.07) is 10.9. The van der Waals surface area contributed by atoms with Crippen LogP contribution in [0.4, 0.5) is 5.69 Å². The van der Waals surface area contributed by atoms with Gasteiger partial charge in [-0.3, -0.25) is 9.69 Å². The van der Waals surface area contributed by atoms with E-state index in [-0.39, 0.29) is 5.91 Å². The molecule has 2 aliphatic rings. The molecule has 0 N–H and O–H groups in total. The Hall–Kier alpha value is -2.47. The first-order valence-corrected chi connectivity index (χ1v) is 10.7. The molecule has 3 heterocycles. The Kier molecular flexibility index (Phi) is 5.81. The third-order valence-corrected chi connectivity index (χ3v) is 6.16. The van der Waals surface area contributed by atoms with Gasteiger partial charge in [0, 0.05) is 56.7 Å². The van der Waals surface area contributed by atoms with Crippen molar-refractivity contribution in [3.05, 3.63) is 53.1 Å². The summed E-state index contributed by atoms with van der Waals surface area (Å²) in [5, 5.41) is 0. The number of piperidine rings is 1. The predicted octanol–water partition coefficient (Wildman–Crippen LogP) is 2.83. The van der Waals surface area contributed by atoms with Gasteiger partial charge >= 0.3 is 0 Å². The zero-order valence-corrected chi connectivity index (χ0v) is 17.8. The number of anilines is 1. The van der Waals surface area contributed by atoms with E-state index in [9.17, 15) is 4.79 Å². The van der Waals surface area contributed by atoms with E-state index in [4.69, 9.17) is 0 Å². The van der Waals surface area contributed by atoms with Crippen LogP contribution in [0.25, 0.3) is 0 Å². The van der Waals surface area contributed by atoms with Crippen molar-refractivity contribution < 1.29 is 4.79 Å². The molecular formula is C23H31N5O. The van der Waals surface area contributed by atoms with Crippen LogP contribution in [0.5, 0.6) is 0 Å². The molecule has 0 bridgehead atoms. The first kappa shape index (κ1) is 19.8. The zero-order valence-electron chi connectivity index (χ0n) is 17.8. The average Bonchev–Trinajstić information content (AvgIpc) is 2.73. The van der Waals surface area contributed by atoms with Crippen molar-refractivity contribution in [2.45, 2.75) is 39.7 Å². The van der Waals surface area contributed by atoms with Crippen LogP contribution in [-0.4, -0.2) is 71.0 Å². The van der Waals surface area contributed by atoms with Gasteiger partial charge in [-0.15, -0.1) is 0 Å². The summed E-state index contributed by atoms with van der Waals surface area (Å²) in [4.78, 5) is 28.7. The molecule has 2 aromatic rings. The zero-order chi connectivity index (χ0) is 20.4. The molecule has 1 aromatic carbocycles. The lowest BCUT2D eigenvalue weighted by Crippen LogP contribution is -2.56. The molecule has 1 atom stereocenters. The van der Waals surface area contributed by atoms with Gasteiger partial charge in [-0.2, -0.15) is 0 Å². The number of hydrogen-bond donors (Lipinski definition) is 0. The highest BCUT2D eigenvalue weighted by atomic mass is 16.2. The third-order valence-electron chi connectivity index (χ3n) is 6.16. The van der Waals surface area contributed by atoms with Gasteiger partial charge < -0.3 is 9.80 Å². The smallest absolute Gasteiger partial charge is 0.272 e. The second-order valence-electron chi connectivity index (χ2n) is 8.30. The van der Waals surface area contributed by atoms with Crippen molar-refractivity contribution in [3.8, 4) is 0 Å². The Morgan fingerprint density at radius 1 is 1.00 bits per heavy atom. The number of rotatable bonds is 3. The number of nitrogens with zero attached hydrogens (tertiary/aromatic N) is 5. The van der Waals surface area contributed by atoms with Gasteiger partial charge in [0.25, 0.3) is 5.91 Å². The molecule has 29 heavy (non-hydrogen) atoms. The van der Waals surface area contributed by atoms with Gasteiger partial charge in [-0.25, -0.2) is 9.97 Å². The number of aryl methyl sites for hydroxylation is 3. The van der Waals surface area contributed by atoms with Gasteiger partial charge in [0.05, 0.1) is 0 Å². The fourth-order valence-electron chi connectivity index (χ4n) is 4.67. The maximum Gasteiger partial charge on any atom is 0.272 e. The number of hydrogen-bond acceptors (Lipinski definition) is 5. The Balaban J connectivity index is 1.38. The Bertz CT molecular complexity index is 855. The van der Waals surface area contributed by atoms with Crippen LogP contribution in [0.15, 0.2) is 30.3 Å². The number of benzene rings is 1. The number of aromatic nitrogens is 2. The molecule has 0 radical (unpaired) electrons. The summed E-state index contributed by atoms with van der Waals surface area (Å²) in [7, 11) is 0.